The van der Waals surface area contributed by atoms with Gasteiger partial charge in [-0.25, -0.2) is 9.80 Å². The molecule has 1 aliphatic heterocycles. The third-order valence-electron chi connectivity index (χ3n) is 4.72. The number of imidazole rings is 1. The van der Waals surface area contributed by atoms with Crippen molar-refractivity contribution in [3.8, 4) is 0 Å². The van der Waals surface area contributed by atoms with Gasteiger partial charge in [0.15, 0.2) is 11.2 Å². The van der Waals surface area contributed by atoms with Gasteiger partial charge in [-0.1, -0.05) is 30.3 Å². The second-order valence-corrected chi connectivity index (χ2v) is 6.19. The summed E-state index contributed by atoms with van der Waals surface area (Å²) in [6, 6.07) is 9.87. The van der Waals surface area contributed by atoms with Crippen molar-refractivity contribution in [1.29, 1.82) is 0 Å². The molecule has 2 aromatic heterocycles. The van der Waals surface area contributed by atoms with Crippen molar-refractivity contribution in [1.82, 2.24) is 18.7 Å². The molecule has 1 aliphatic rings. The van der Waals surface area contributed by atoms with Gasteiger partial charge in [-0.05, 0) is 19.4 Å². The molecule has 8 heteroatoms. The average molecular weight is 352 g/mol. The second kappa shape index (κ2) is 5.98. The summed E-state index contributed by atoms with van der Waals surface area (Å²) in [5.41, 5.74) is 2.02. The minimum absolute atomic E-state index is 0.310. The standard InChI is InChI=1S/C18H20N6O2/c1-4-22-16(25)14-15(21(3)18(22)26)19-17-23(14)11-13(20-24(17)5-2)12-9-7-6-8-10-12/h6-10H,4-5,11H2,1-3H3. The summed E-state index contributed by atoms with van der Waals surface area (Å²) in [6.07, 6.45) is 0. The molecule has 3 heterocycles. The van der Waals surface area contributed by atoms with Gasteiger partial charge in [0.05, 0.1) is 12.3 Å². The zero-order valence-electron chi connectivity index (χ0n) is 15.0. The maximum Gasteiger partial charge on any atom is 0.332 e. The van der Waals surface area contributed by atoms with Crippen LogP contribution >= 0.6 is 0 Å². The van der Waals surface area contributed by atoms with Gasteiger partial charge in [-0.3, -0.25) is 18.5 Å². The van der Waals surface area contributed by atoms with Crippen LogP contribution in [0.3, 0.4) is 0 Å². The molecule has 0 saturated carbocycles. The van der Waals surface area contributed by atoms with Crippen LogP contribution in [0.4, 0.5) is 5.95 Å². The van der Waals surface area contributed by atoms with E-state index in [1.807, 2.05) is 41.8 Å². The van der Waals surface area contributed by atoms with Crippen LogP contribution in [-0.2, 0) is 20.1 Å². The van der Waals surface area contributed by atoms with Gasteiger partial charge < -0.3 is 0 Å². The number of rotatable bonds is 3. The van der Waals surface area contributed by atoms with E-state index in [1.165, 1.54) is 9.13 Å². The van der Waals surface area contributed by atoms with Gasteiger partial charge in [-0.15, -0.1) is 0 Å². The fourth-order valence-electron chi connectivity index (χ4n) is 3.35. The summed E-state index contributed by atoms with van der Waals surface area (Å²) < 4.78 is 4.53. The number of hydrogen-bond acceptors (Lipinski definition) is 5. The van der Waals surface area contributed by atoms with Gasteiger partial charge in [0.25, 0.3) is 5.56 Å². The molecule has 0 spiro atoms. The Morgan fingerprint density at radius 3 is 2.46 bits per heavy atom. The van der Waals surface area contributed by atoms with Crippen molar-refractivity contribution < 1.29 is 0 Å². The van der Waals surface area contributed by atoms with Crippen molar-refractivity contribution >= 4 is 22.8 Å². The maximum atomic E-state index is 12.9. The number of nitrogens with zero attached hydrogens (tertiary/aromatic N) is 6. The third kappa shape index (κ3) is 2.22. The topological polar surface area (TPSA) is 77.4 Å². The predicted octanol–water partition coefficient (Wildman–Crippen LogP) is 1.16. The van der Waals surface area contributed by atoms with Gasteiger partial charge in [-0.2, -0.15) is 10.1 Å². The number of hydrazone groups is 1. The average Bonchev–Trinajstić information content (AvgIpc) is 3.06. The molecule has 0 radical (unpaired) electrons. The summed E-state index contributed by atoms with van der Waals surface area (Å²) in [5.74, 6) is 0.586. The highest BCUT2D eigenvalue weighted by Crippen LogP contribution is 2.25. The Labute approximate surface area is 149 Å². The monoisotopic (exact) mass is 352 g/mol. The molecule has 1 aromatic carbocycles. The molecule has 0 aliphatic carbocycles. The van der Waals surface area contributed by atoms with Gasteiger partial charge >= 0.3 is 5.69 Å². The van der Waals surface area contributed by atoms with E-state index in [9.17, 15) is 9.59 Å². The van der Waals surface area contributed by atoms with Crippen LogP contribution in [0.15, 0.2) is 45.0 Å². The number of anilines is 1. The summed E-state index contributed by atoms with van der Waals surface area (Å²) in [6.45, 7) is 5.12. The number of fused-ring (bicyclic) bond motifs is 3. The SMILES string of the molecule is CCN1N=C(c2ccccc2)Cn2c1nc1c2c(=O)n(CC)c(=O)n1C. The van der Waals surface area contributed by atoms with Crippen molar-refractivity contribution in [3.63, 3.8) is 0 Å². The molecule has 8 nitrogen and oxygen atoms in total. The zero-order valence-corrected chi connectivity index (χ0v) is 15.0. The van der Waals surface area contributed by atoms with Gasteiger partial charge in [0.1, 0.15) is 0 Å². The number of benzene rings is 1. The molecule has 0 bridgehead atoms. The van der Waals surface area contributed by atoms with E-state index < -0.39 is 0 Å². The first-order valence-electron chi connectivity index (χ1n) is 8.67. The minimum atomic E-state index is -0.354. The highest BCUT2D eigenvalue weighted by molar-refractivity contribution is 6.02. The molecule has 26 heavy (non-hydrogen) atoms. The molecular formula is C18H20N6O2. The summed E-state index contributed by atoms with van der Waals surface area (Å²) in [4.78, 5) is 29.9. The fourth-order valence-corrected chi connectivity index (χ4v) is 3.35. The Bertz CT molecular complexity index is 1140. The molecule has 0 fully saturated rings. The van der Waals surface area contributed by atoms with E-state index in [1.54, 1.807) is 19.0 Å². The lowest BCUT2D eigenvalue weighted by molar-refractivity contribution is 0.634. The van der Waals surface area contributed by atoms with Crippen molar-refractivity contribution in [2.45, 2.75) is 26.9 Å². The highest BCUT2D eigenvalue weighted by Gasteiger charge is 2.27. The van der Waals surface area contributed by atoms with Crippen LogP contribution < -0.4 is 16.3 Å². The fraction of sp³-hybridized carbons (Fsp3) is 0.333. The molecule has 0 N–H and O–H groups in total. The Kier molecular flexibility index (Phi) is 3.75. The molecule has 0 atom stereocenters. The Balaban J connectivity index is 2.01. The molecule has 0 saturated heterocycles. The normalized spacial score (nSPS) is 13.8. The summed E-state index contributed by atoms with van der Waals surface area (Å²) >= 11 is 0. The lowest BCUT2D eigenvalue weighted by atomic mass is 10.1. The lowest BCUT2D eigenvalue weighted by Gasteiger charge is -2.25. The lowest BCUT2D eigenvalue weighted by Crippen LogP contribution is -2.39. The summed E-state index contributed by atoms with van der Waals surface area (Å²) in [7, 11) is 1.64. The van der Waals surface area contributed by atoms with Gasteiger partial charge in [0.2, 0.25) is 5.95 Å². The molecule has 0 unspecified atom stereocenters. The van der Waals surface area contributed by atoms with Crippen LogP contribution in [0.1, 0.15) is 19.4 Å². The Morgan fingerprint density at radius 1 is 1.08 bits per heavy atom. The van der Waals surface area contributed by atoms with Gasteiger partial charge in [0, 0.05) is 20.1 Å². The molecule has 4 rings (SSSR count). The summed E-state index contributed by atoms with van der Waals surface area (Å²) in [5, 5.41) is 6.47. The number of aryl methyl sites for hydroxylation is 1. The van der Waals surface area contributed by atoms with Crippen molar-refractivity contribution in [2.75, 3.05) is 11.6 Å². The van der Waals surface area contributed by atoms with Crippen LogP contribution in [0, 0.1) is 0 Å². The van der Waals surface area contributed by atoms with E-state index in [-0.39, 0.29) is 11.2 Å². The number of aromatic nitrogens is 4. The van der Waals surface area contributed by atoms with Crippen LogP contribution in [0.5, 0.6) is 0 Å². The molecule has 134 valence electrons. The highest BCUT2D eigenvalue weighted by atomic mass is 16.2. The Hall–Kier alpha value is -3.16. The van der Waals surface area contributed by atoms with Crippen LogP contribution in [0.25, 0.3) is 11.2 Å². The number of hydrogen-bond donors (Lipinski definition) is 0. The van der Waals surface area contributed by atoms with Crippen molar-refractivity contribution in [3.05, 3.63) is 56.7 Å². The third-order valence-corrected chi connectivity index (χ3v) is 4.72. The maximum absolute atomic E-state index is 12.9. The zero-order chi connectivity index (χ0) is 18.4. The first-order chi connectivity index (χ1) is 12.6. The molecule has 3 aromatic rings. The largest absolute Gasteiger partial charge is 0.332 e. The van der Waals surface area contributed by atoms with E-state index >= 15 is 0 Å². The van der Waals surface area contributed by atoms with E-state index in [4.69, 9.17) is 5.10 Å². The Morgan fingerprint density at radius 2 is 1.81 bits per heavy atom. The first kappa shape index (κ1) is 16.3. The van der Waals surface area contributed by atoms with Crippen LogP contribution in [-0.4, -0.2) is 30.9 Å². The quantitative estimate of drug-likeness (QED) is 0.709. The minimum Gasteiger partial charge on any atom is -0.297 e. The van der Waals surface area contributed by atoms with E-state index in [0.29, 0.717) is 36.7 Å². The predicted molar refractivity (Wildman–Crippen MR) is 101 cm³/mol. The first-order valence-corrected chi connectivity index (χ1v) is 8.67. The molecule has 0 amide bonds. The van der Waals surface area contributed by atoms with Crippen LogP contribution in [0.2, 0.25) is 0 Å². The van der Waals surface area contributed by atoms with E-state index in [0.717, 1.165) is 11.3 Å². The van der Waals surface area contributed by atoms with Crippen molar-refractivity contribution in [2.24, 2.45) is 12.1 Å². The smallest absolute Gasteiger partial charge is 0.297 e. The van der Waals surface area contributed by atoms with E-state index in [2.05, 4.69) is 4.98 Å². The molecular weight excluding hydrogens is 332 g/mol. The second-order valence-electron chi connectivity index (χ2n) is 6.19.